The number of nitriles is 1. The van der Waals surface area contributed by atoms with Crippen molar-refractivity contribution in [1.82, 2.24) is 20.5 Å². The van der Waals surface area contributed by atoms with E-state index >= 15 is 0 Å². The first-order chi connectivity index (χ1) is 17.6. The Morgan fingerprint density at radius 3 is 2.34 bits per heavy atom. The van der Waals surface area contributed by atoms with Crippen LogP contribution >= 0.6 is 24.0 Å². The van der Waals surface area contributed by atoms with Crippen LogP contribution in [0.5, 0.6) is 5.75 Å². The summed E-state index contributed by atoms with van der Waals surface area (Å²) in [6.45, 7) is 14.6. The molecule has 1 amide bonds. The van der Waals surface area contributed by atoms with Crippen LogP contribution in [0.2, 0.25) is 5.02 Å². The topological polar surface area (TPSA) is 93.5 Å². The molecule has 1 aromatic carbocycles. The Morgan fingerprint density at radius 1 is 1.13 bits per heavy atom. The summed E-state index contributed by atoms with van der Waals surface area (Å²) in [6, 6.07) is 11.6. The third-order valence-corrected chi connectivity index (χ3v) is 8.67. The molecule has 38 heavy (non-hydrogen) atoms. The molecule has 5 rings (SSSR count). The average molecular weight is 560 g/mol. The lowest BCUT2D eigenvalue weighted by molar-refractivity contribution is -0.164. The van der Waals surface area contributed by atoms with E-state index in [1.165, 1.54) is 0 Å². The van der Waals surface area contributed by atoms with Crippen LogP contribution in [0.1, 0.15) is 43.6 Å². The van der Waals surface area contributed by atoms with Gasteiger partial charge in [-0.05, 0) is 24.3 Å². The van der Waals surface area contributed by atoms with E-state index in [1.54, 1.807) is 24.4 Å². The molecule has 3 heterocycles. The maximum absolute atomic E-state index is 13.2. The summed E-state index contributed by atoms with van der Waals surface area (Å²) in [5.74, 6) is 1.40. The maximum Gasteiger partial charge on any atom is 0.253 e. The summed E-state index contributed by atoms with van der Waals surface area (Å²) in [4.78, 5) is 22.6. The minimum atomic E-state index is -0.317. The average Bonchev–Trinajstić information content (AvgIpc) is 2.85. The number of carbonyl (C=O) groups excluding carboxylic acids is 1. The zero-order chi connectivity index (χ0) is 26.4. The second-order valence-corrected chi connectivity index (χ2v) is 11.9. The molecule has 2 saturated heterocycles. The number of amides is 1. The number of benzene rings is 1. The number of carbonyl (C=O) groups is 1. The van der Waals surface area contributed by atoms with Gasteiger partial charge in [0, 0.05) is 74.4 Å². The molecule has 0 spiro atoms. The molecule has 204 valence electrons. The number of nitrogens with zero attached hydrogens (tertiary/aromatic N) is 4. The Balaban J connectivity index is 0.00000336. The van der Waals surface area contributed by atoms with E-state index < -0.39 is 0 Å². The Bertz CT molecular complexity index is 1180. The summed E-state index contributed by atoms with van der Waals surface area (Å²) in [7, 11) is 0. The number of piperazine rings is 1. The van der Waals surface area contributed by atoms with Crippen molar-refractivity contribution in [1.29, 1.82) is 5.26 Å². The third-order valence-electron chi connectivity index (χ3n) is 8.35. The van der Waals surface area contributed by atoms with Gasteiger partial charge in [-0.1, -0.05) is 39.3 Å². The SMILES string of the molecule is CC1(C)C(NC(=O)c2ccc(N3CCN(C4CNC4)CC3)nc2)C(C)(C)C1Oc1ccc(C#N)c(Cl)c1.Cl. The normalized spacial score (nSPS) is 24.3. The maximum atomic E-state index is 13.2. The van der Waals surface area contributed by atoms with Crippen molar-refractivity contribution >= 4 is 35.7 Å². The summed E-state index contributed by atoms with van der Waals surface area (Å²) in [5.41, 5.74) is 0.336. The van der Waals surface area contributed by atoms with Gasteiger partial charge in [0.25, 0.3) is 5.91 Å². The molecule has 1 aromatic heterocycles. The van der Waals surface area contributed by atoms with Crippen molar-refractivity contribution in [3.8, 4) is 11.8 Å². The van der Waals surface area contributed by atoms with Crippen LogP contribution in [-0.2, 0) is 0 Å². The monoisotopic (exact) mass is 558 g/mol. The van der Waals surface area contributed by atoms with Crippen molar-refractivity contribution in [2.75, 3.05) is 44.2 Å². The van der Waals surface area contributed by atoms with Gasteiger partial charge in [-0.15, -0.1) is 12.4 Å². The van der Waals surface area contributed by atoms with Crippen LogP contribution in [0.15, 0.2) is 36.5 Å². The molecule has 2 aromatic rings. The predicted octanol–water partition coefficient (Wildman–Crippen LogP) is 3.73. The van der Waals surface area contributed by atoms with Gasteiger partial charge < -0.3 is 20.3 Å². The highest BCUT2D eigenvalue weighted by molar-refractivity contribution is 6.31. The fraction of sp³-hybridized carbons (Fsp3) is 0.536. The number of rotatable bonds is 6. The standard InChI is InChI=1S/C28H35ClN6O2.ClH/c1-27(2)25(28(3,4)26(27)37-21-7-5-18(14-30)22(29)13-21)33-24(36)19-6-8-23(32-15-19)35-11-9-34(10-12-35)20-16-31-17-20;/h5-8,13,15,20,25-26,31H,9-12,16-17H2,1-4H3,(H,33,36);1H. The van der Waals surface area contributed by atoms with Crippen molar-refractivity contribution in [2.45, 2.75) is 45.9 Å². The van der Waals surface area contributed by atoms with Gasteiger partial charge in [0.1, 0.15) is 23.7 Å². The largest absolute Gasteiger partial charge is 0.489 e. The number of hydrogen-bond acceptors (Lipinski definition) is 7. The van der Waals surface area contributed by atoms with E-state index in [2.05, 4.69) is 59.2 Å². The molecule has 1 saturated carbocycles. The molecular formula is C28H36Cl2N6O2. The highest BCUT2D eigenvalue weighted by atomic mass is 35.5. The number of ether oxygens (including phenoxy) is 1. The zero-order valence-corrected chi connectivity index (χ0v) is 23.9. The van der Waals surface area contributed by atoms with Crippen LogP contribution in [0.25, 0.3) is 0 Å². The first-order valence-corrected chi connectivity index (χ1v) is 13.3. The molecule has 0 bridgehead atoms. The van der Waals surface area contributed by atoms with Crippen LogP contribution in [0.4, 0.5) is 5.82 Å². The summed E-state index contributed by atoms with van der Waals surface area (Å²) in [6.07, 6.45) is 1.53. The first kappa shape index (κ1) is 28.4. The van der Waals surface area contributed by atoms with E-state index in [-0.39, 0.29) is 41.3 Å². The molecule has 1 aliphatic carbocycles. The molecule has 2 aliphatic heterocycles. The minimum Gasteiger partial charge on any atom is -0.489 e. The van der Waals surface area contributed by atoms with Crippen LogP contribution < -0.4 is 20.3 Å². The van der Waals surface area contributed by atoms with E-state index in [0.29, 0.717) is 27.9 Å². The Morgan fingerprint density at radius 2 is 1.82 bits per heavy atom. The van der Waals surface area contributed by atoms with Crippen molar-refractivity contribution in [3.05, 3.63) is 52.7 Å². The van der Waals surface area contributed by atoms with Gasteiger partial charge in [0.05, 0.1) is 16.1 Å². The number of nitrogens with one attached hydrogen (secondary N) is 2. The second kappa shape index (κ2) is 10.9. The van der Waals surface area contributed by atoms with Gasteiger partial charge in [-0.2, -0.15) is 5.26 Å². The molecule has 8 nitrogen and oxygen atoms in total. The fourth-order valence-corrected chi connectivity index (χ4v) is 6.58. The van der Waals surface area contributed by atoms with Crippen molar-refractivity contribution < 1.29 is 9.53 Å². The Hall–Kier alpha value is -2.57. The van der Waals surface area contributed by atoms with Gasteiger partial charge in [-0.25, -0.2) is 4.98 Å². The molecule has 0 unspecified atom stereocenters. The molecule has 0 atom stereocenters. The summed E-state index contributed by atoms with van der Waals surface area (Å²) in [5, 5.41) is 16.1. The van der Waals surface area contributed by atoms with E-state index in [1.807, 2.05) is 12.1 Å². The van der Waals surface area contributed by atoms with Gasteiger partial charge in [0.15, 0.2) is 0 Å². The van der Waals surface area contributed by atoms with Gasteiger partial charge in [0.2, 0.25) is 0 Å². The molecule has 0 radical (unpaired) electrons. The van der Waals surface area contributed by atoms with E-state index in [4.69, 9.17) is 21.6 Å². The Labute approximate surface area is 236 Å². The van der Waals surface area contributed by atoms with Crippen LogP contribution in [0, 0.1) is 22.2 Å². The van der Waals surface area contributed by atoms with E-state index in [0.717, 1.165) is 45.1 Å². The lowest BCUT2D eigenvalue weighted by Gasteiger charge is -2.63. The number of anilines is 1. The highest BCUT2D eigenvalue weighted by Gasteiger charge is 2.64. The fourth-order valence-electron chi connectivity index (χ4n) is 6.37. The summed E-state index contributed by atoms with van der Waals surface area (Å²) >= 11 is 6.20. The summed E-state index contributed by atoms with van der Waals surface area (Å²) < 4.78 is 6.32. The number of halogens is 2. The van der Waals surface area contributed by atoms with Crippen molar-refractivity contribution in [3.63, 3.8) is 0 Å². The van der Waals surface area contributed by atoms with Gasteiger partial charge >= 0.3 is 0 Å². The number of pyridine rings is 1. The second-order valence-electron chi connectivity index (χ2n) is 11.5. The quantitative estimate of drug-likeness (QED) is 0.557. The lowest BCUT2D eigenvalue weighted by atomic mass is 9.49. The predicted molar refractivity (Wildman–Crippen MR) is 151 cm³/mol. The van der Waals surface area contributed by atoms with Crippen LogP contribution in [0.3, 0.4) is 0 Å². The zero-order valence-electron chi connectivity index (χ0n) is 22.3. The third kappa shape index (κ3) is 5.17. The minimum absolute atomic E-state index is 0. The lowest BCUT2D eigenvalue weighted by Crippen LogP contribution is -2.74. The molecule has 10 heteroatoms. The van der Waals surface area contributed by atoms with Gasteiger partial charge in [-0.3, -0.25) is 9.69 Å². The molecule has 2 N–H and O–H groups in total. The number of hydrogen-bond donors (Lipinski definition) is 2. The number of aromatic nitrogens is 1. The first-order valence-electron chi connectivity index (χ1n) is 12.9. The molecule has 3 aliphatic rings. The van der Waals surface area contributed by atoms with E-state index in [9.17, 15) is 4.79 Å². The smallest absolute Gasteiger partial charge is 0.253 e. The highest BCUT2D eigenvalue weighted by Crippen LogP contribution is 2.55. The van der Waals surface area contributed by atoms with Crippen LogP contribution in [-0.4, -0.2) is 73.2 Å². The Kier molecular flexibility index (Phi) is 8.15. The molecule has 3 fully saturated rings. The molecular weight excluding hydrogens is 523 g/mol. The van der Waals surface area contributed by atoms with Crippen molar-refractivity contribution in [2.24, 2.45) is 10.8 Å².